The molecular formula is C29H29NO7. The number of benzene rings is 3. The normalized spacial score (nSPS) is 15.5. The molecular weight excluding hydrogens is 474 g/mol. The molecule has 0 aromatic heterocycles. The summed E-state index contributed by atoms with van der Waals surface area (Å²) in [5, 5.41) is 0. The number of carbonyl (C=O) groups is 1. The summed E-state index contributed by atoms with van der Waals surface area (Å²) in [6.45, 7) is 3.74. The molecule has 0 N–H and O–H groups in total. The first kappa shape index (κ1) is 24.5. The van der Waals surface area contributed by atoms with Crippen LogP contribution in [-0.4, -0.2) is 45.9 Å². The van der Waals surface area contributed by atoms with Gasteiger partial charge in [-0.2, -0.15) is 0 Å². The number of carbonyl (C=O) groups excluding carboxylic acids is 1. The second-order valence-electron chi connectivity index (χ2n) is 8.84. The number of methoxy groups -OCH3 is 4. The van der Waals surface area contributed by atoms with Gasteiger partial charge in [-0.15, -0.1) is 0 Å². The van der Waals surface area contributed by atoms with Crippen LogP contribution in [-0.2, 0) is 13.1 Å². The van der Waals surface area contributed by atoms with Gasteiger partial charge in [0.15, 0.2) is 17.3 Å². The predicted octanol–water partition coefficient (Wildman–Crippen LogP) is 5.00. The maximum absolute atomic E-state index is 13.4. The Morgan fingerprint density at radius 3 is 2.35 bits per heavy atom. The lowest BCUT2D eigenvalue weighted by Gasteiger charge is -2.30. The van der Waals surface area contributed by atoms with Crippen LogP contribution in [0.3, 0.4) is 0 Å². The highest BCUT2D eigenvalue weighted by Crippen LogP contribution is 2.45. The summed E-state index contributed by atoms with van der Waals surface area (Å²) in [5.41, 5.74) is 4.09. The maximum Gasteiger partial charge on any atom is 0.231 e. The Morgan fingerprint density at radius 1 is 0.919 bits per heavy atom. The molecule has 2 heterocycles. The van der Waals surface area contributed by atoms with Gasteiger partial charge in [-0.05, 0) is 48.9 Å². The largest absolute Gasteiger partial charge is 0.497 e. The molecule has 0 saturated carbocycles. The van der Waals surface area contributed by atoms with Crippen LogP contribution in [0.4, 0.5) is 0 Å². The summed E-state index contributed by atoms with van der Waals surface area (Å²) in [4.78, 5) is 15.6. The Balaban J connectivity index is 1.42. The van der Waals surface area contributed by atoms with E-state index in [4.69, 9.17) is 28.4 Å². The van der Waals surface area contributed by atoms with Crippen LogP contribution in [0.15, 0.2) is 48.2 Å². The van der Waals surface area contributed by atoms with E-state index in [0.717, 1.165) is 28.2 Å². The number of allylic oxidation sites excluding steroid dienone is 1. The van der Waals surface area contributed by atoms with Crippen LogP contribution < -0.4 is 28.4 Å². The molecule has 8 heteroatoms. The number of hydrogen-bond donors (Lipinski definition) is 0. The van der Waals surface area contributed by atoms with Crippen LogP contribution in [0.5, 0.6) is 34.5 Å². The highest BCUT2D eigenvalue weighted by Gasteiger charge is 2.34. The van der Waals surface area contributed by atoms with E-state index in [1.165, 1.54) is 7.11 Å². The van der Waals surface area contributed by atoms with Crippen molar-refractivity contribution in [2.45, 2.75) is 20.0 Å². The first-order valence-corrected chi connectivity index (χ1v) is 11.8. The van der Waals surface area contributed by atoms with Gasteiger partial charge in [-0.25, -0.2) is 0 Å². The predicted molar refractivity (Wildman–Crippen MR) is 138 cm³/mol. The van der Waals surface area contributed by atoms with Gasteiger partial charge < -0.3 is 28.4 Å². The summed E-state index contributed by atoms with van der Waals surface area (Å²) in [7, 11) is 6.29. The lowest BCUT2D eigenvalue weighted by atomic mass is 9.99. The Bertz CT molecular complexity index is 1380. The lowest BCUT2D eigenvalue weighted by Crippen LogP contribution is -2.32. The van der Waals surface area contributed by atoms with Crippen molar-refractivity contribution in [2.75, 3.05) is 35.2 Å². The summed E-state index contributed by atoms with van der Waals surface area (Å²) < 4.78 is 33.8. The molecule has 0 atom stereocenters. The average molecular weight is 504 g/mol. The van der Waals surface area contributed by atoms with E-state index >= 15 is 0 Å². The molecule has 0 aliphatic carbocycles. The van der Waals surface area contributed by atoms with Crippen molar-refractivity contribution >= 4 is 11.9 Å². The molecule has 0 spiro atoms. The van der Waals surface area contributed by atoms with Gasteiger partial charge in [0.2, 0.25) is 11.5 Å². The third-order valence-electron chi connectivity index (χ3n) is 6.59. The second kappa shape index (κ2) is 10.1. The molecule has 3 aromatic rings. The Morgan fingerprint density at radius 2 is 1.68 bits per heavy atom. The Labute approximate surface area is 215 Å². The van der Waals surface area contributed by atoms with E-state index in [1.54, 1.807) is 39.5 Å². The van der Waals surface area contributed by atoms with Crippen LogP contribution in [0, 0.1) is 6.92 Å². The summed E-state index contributed by atoms with van der Waals surface area (Å²) in [6, 6.07) is 13.4. The fourth-order valence-electron chi connectivity index (χ4n) is 4.77. The molecule has 2 aliphatic rings. The number of Topliss-reactive ketones (excluding diaryl/α,β-unsaturated/α-hetero) is 1. The number of rotatable bonds is 7. The first-order valence-electron chi connectivity index (χ1n) is 11.8. The molecule has 0 bridgehead atoms. The van der Waals surface area contributed by atoms with E-state index in [1.807, 2.05) is 37.3 Å². The van der Waals surface area contributed by atoms with Gasteiger partial charge in [0.05, 0.1) is 34.0 Å². The zero-order chi connectivity index (χ0) is 26.1. The van der Waals surface area contributed by atoms with Gasteiger partial charge in [0, 0.05) is 29.8 Å². The fourth-order valence-corrected chi connectivity index (χ4v) is 4.77. The summed E-state index contributed by atoms with van der Waals surface area (Å²) in [6.07, 6.45) is 1.67. The third-order valence-corrected chi connectivity index (χ3v) is 6.59. The minimum atomic E-state index is -0.190. The zero-order valence-corrected chi connectivity index (χ0v) is 21.5. The monoisotopic (exact) mass is 503 g/mol. The second-order valence-corrected chi connectivity index (χ2v) is 8.84. The molecule has 0 amide bonds. The van der Waals surface area contributed by atoms with Gasteiger partial charge >= 0.3 is 0 Å². The molecule has 0 fully saturated rings. The van der Waals surface area contributed by atoms with Crippen LogP contribution in [0.25, 0.3) is 6.08 Å². The van der Waals surface area contributed by atoms with E-state index in [9.17, 15) is 4.79 Å². The van der Waals surface area contributed by atoms with Gasteiger partial charge in [-0.3, -0.25) is 9.69 Å². The van der Waals surface area contributed by atoms with Crippen molar-refractivity contribution in [1.82, 2.24) is 4.90 Å². The van der Waals surface area contributed by atoms with E-state index < -0.39 is 0 Å². The van der Waals surface area contributed by atoms with Crippen molar-refractivity contribution in [2.24, 2.45) is 0 Å². The molecule has 0 saturated heterocycles. The number of nitrogens with zero attached hydrogens (tertiary/aromatic N) is 1. The standard InChI is InChI=1S/C29H29NO7/c1-17-26-20(15-30(16-36-26)14-18-6-9-21(32-2)10-7-18)12-22-25(31)24(37-27(17)22)13-19-8-11-23(33-3)29(35-5)28(19)34-4/h6-13H,14-16H2,1-5H3/b24-13-. The lowest BCUT2D eigenvalue weighted by molar-refractivity contribution is 0.0876. The molecule has 2 aliphatic heterocycles. The highest BCUT2D eigenvalue weighted by molar-refractivity contribution is 6.15. The number of ether oxygens (including phenoxy) is 6. The van der Waals surface area contributed by atoms with Crippen molar-refractivity contribution < 1.29 is 33.2 Å². The van der Waals surface area contributed by atoms with Crippen LogP contribution >= 0.6 is 0 Å². The Kier molecular flexibility index (Phi) is 6.67. The number of fused-ring (bicyclic) bond motifs is 2. The summed E-state index contributed by atoms with van der Waals surface area (Å²) >= 11 is 0. The Hall–Kier alpha value is -4.17. The van der Waals surface area contributed by atoms with Crippen molar-refractivity contribution in [1.29, 1.82) is 0 Å². The molecule has 192 valence electrons. The minimum Gasteiger partial charge on any atom is -0.497 e. The average Bonchev–Trinajstić information content (AvgIpc) is 3.23. The SMILES string of the molecule is COc1ccc(CN2COc3c(cc4c(c3C)O/C(=C\c3ccc(OC)c(OC)c3OC)C4=O)C2)cc1. The van der Waals surface area contributed by atoms with E-state index in [2.05, 4.69) is 4.90 Å². The minimum absolute atomic E-state index is 0.190. The van der Waals surface area contributed by atoms with Crippen LogP contribution in [0.1, 0.15) is 32.6 Å². The smallest absolute Gasteiger partial charge is 0.231 e. The molecule has 3 aromatic carbocycles. The highest BCUT2D eigenvalue weighted by atomic mass is 16.5. The zero-order valence-electron chi connectivity index (χ0n) is 21.5. The first-order chi connectivity index (χ1) is 18.0. The van der Waals surface area contributed by atoms with Gasteiger partial charge in [0.1, 0.15) is 24.0 Å². The van der Waals surface area contributed by atoms with Gasteiger partial charge in [-0.1, -0.05) is 12.1 Å². The van der Waals surface area contributed by atoms with Crippen LogP contribution in [0.2, 0.25) is 0 Å². The van der Waals surface area contributed by atoms with Crippen molar-refractivity contribution in [3.05, 3.63) is 76.0 Å². The number of hydrogen-bond acceptors (Lipinski definition) is 8. The quantitative estimate of drug-likeness (QED) is 0.417. The topological polar surface area (TPSA) is 75.7 Å². The molecule has 0 unspecified atom stereocenters. The molecule has 8 nitrogen and oxygen atoms in total. The molecule has 37 heavy (non-hydrogen) atoms. The third kappa shape index (κ3) is 4.44. The fraction of sp³-hybridized carbons (Fsp3) is 0.276. The van der Waals surface area contributed by atoms with Crippen molar-refractivity contribution in [3.63, 3.8) is 0 Å². The maximum atomic E-state index is 13.4. The van der Waals surface area contributed by atoms with E-state index in [-0.39, 0.29) is 11.5 Å². The van der Waals surface area contributed by atoms with E-state index in [0.29, 0.717) is 53.9 Å². The van der Waals surface area contributed by atoms with Gasteiger partial charge in [0.25, 0.3) is 0 Å². The number of ketones is 1. The summed E-state index contributed by atoms with van der Waals surface area (Å²) in [5.74, 6) is 3.56. The van der Waals surface area contributed by atoms with Crippen molar-refractivity contribution in [3.8, 4) is 34.5 Å². The molecule has 0 radical (unpaired) electrons. The molecule has 5 rings (SSSR count).